The van der Waals surface area contributed by atoms with Crippen molar-refractivity contribution >= 4 is 44.7 Å². The van der Waals surface area contributed by atoms with Crippen LogP contribution in [0.1, 0.15) is 0 Å². The molecule has 6 heteroatoms. The molecule has 0 aliphatic heterocycles. The van der Waals surface area contributed by atoms with Crippen LogP contribution < -0.4 is 11.1 Å². The van der Waals surface area contributed by atoms with Crippen molar-refractivity contribution in [2.75, 3.05) is 11.1 Å². The lowest BCUT2D eigenvalue weighted by Crippen LogP contribution is -2.01. The average molecular weight is 317 g/mol. The molecule has 1 aromatic carbocycles. The van der Waals surface area contributed by atoms with Crippen molar-refractivity contribution in [1.82, 2.24) is 4.98 Å². The number of nitrogens with two attached hydrogens (primary N) is 1. The zero-order valence-electron chi connectivity index (χ0n) is 8.55. The van der Waals surface area contributed by atoms with Gasteiger partial charge < -0.3 is 11.1 Å². The minimum absolute atomic E-state index is 0.286. The van der Waals surface area contributed by atoms with Crippen LogP contribution in [0.15, 0.2) is 34.9 Å². The van der Waals surface area contributed by atoms with Gasteiger partial charge >= 0.3 is 0 Å². The number of nitrogens with one attached hydrogen (secondary N) is 1. The van der Waals surface area contributed by atoms with Gasteiger partial charge in [-0.1, -0.05) is 17.7 Å². The summed E-state index contributed by atoms with van der Waals surface area (Å²) in [7, 11) is 0. The molecule has 0 unspecified atom stereocenters. The quantitative estimate of drug-likeness (QED) is 0.881. The van der Waals surface area contributed by atoms with Gasteiger partial charge in [0.25, 0.3) is 0 Å². The highest BCUT2D eigenvalue weighted by Gasteiger charge is 2.09. The topological polar surface area (TPSA) is 50.9 Å². The molecule has 0 spiro atoms. The number of para-hydroxylation sites is 1. The molecule has 17 heavy (non-hydrogen) atoms. The molecule has 0 fully saturated rings. The number of pyridine rings is 1. The third kappa shape index (κ3) is 2.68. The second kappa shape index (κ2) is 4.89. The van der Waals surface area contributed by atoms with Crippen LogP contribution in [0.25, 0.3) is 0 Å². The van der Waals surface area contributed by atoms with E-state index in [4.69, 9.17) is 17.3 Å². The van der Waals surface area contributed by atoms with E-state index in [9.17, 15) is 4.39 Å². The second-order valence-electron chi connectivity index (χ2n) is 3.31. The molecule has 1 heterocycles. The zero-order valence-corrected chi connectivity index (χ0v) is 10.9. The fourth-order valence-electron chi connectivity index (χ4n) is 1.30. The maximum absolute atomic E-state index is 13.6. The van der Waals surface area contributed by atoms with E-state index in [-0.39, 0.29) is 5.69 Å². The molecule has 0 saturated carbocycles. The lowest BCUT2D eigenvalue weighted by Gasteiger charge is -2.10. The van der Waals surface area contributed by atoms with Gasteiger partial charge in [-0.3, -0.25) is 0 Å². The van der Waals surface area contributed by atoms with Gasteiger partial charge in [-0.25, -0.2) is 9.37 Å². The van der Waals surface area contributed by atoms with Gasteiger partial charge in [0.2, 0.25) is 0 Å². The smallest absolute Gasteiger partial charge is 0.153 e. The first-order valence-electron chi connectivity index (χ1n) is 4.70. The Balaban J connectivity index is 2.38. The van der Waals surface area contributed by atoms with Gasteiger partial charge in [0.15, 0.2) is 5.82 Å². The van der Waals surface area contributed by atoms with E-state index >= 15 is 0 Å². The monoisotopic (exact) mass is 315 g/mol. The van der Waals surface area contributed by atoms with Crippen LogP contribution in [-0.4, -0.2) is 4.98 Å². The van der Waals surface area contributed by atoms with Gasteiger partial charge in [0, 0.05) is 10.7 Å². The predicted octanol–water partition coefficient (Wildman–Crippen LogP) is 3.96. The molecule has 0 amide bonds. The Morgan fingerprint density at radius 2 is 2.18 bits per heavy atom. The maximum Gasteiger partial charge on any atom is 0.153 e. The largest absolute Gasteiger partial charge is 0.396 e. The Labute approximate surface area is 111 Å². The molecule has 0 aliphatic carbocycles. The molecule has 0 bridgehead atoms. The molecular weight excluding hydrogens is 308 g/mol. The Morgan fingerprint density at radius 3 is 2.82 bits per heavy atom. The van der Waals surface area contributed by atoms with E-state index in [2.05, 4.69) is 26.2 Å². The minimum Gasteiger partial charge on any atom is -0.396 e. The minimum atomic E-state index is -0.393. The van der Waals surface area contributed by atoms with Crippen molar-refractivity contribution in [1.29, 1.82) is 0 Å². The molecule has 3 N–H and O–H groups in total. The number of hydrogen-bond acceptors (Lipinski definition) is 3. The Morgan fingerprint density at radius 1 is 1.41 bits per heavy atom. The summed E-state index contributed by atoms with van der Waals surface area (Å²) in [4.78, 5) is 4.00. The van der Waals surface area contributed by atoms with Gasteiger partial charge in [-0.2, -0.15) is 0 Å². The molecule has 2 aromatic rings. The summed E-state index contributed by atoms with van der Waals surface area (Å²) in [5.41, 5.74) is 6.36. The normalized spacial score (nSPS) is 10.3. The number of anilines is 3. The molecule has 0 radical (unpaired) electrons. The number of nitrogens with zero attached hydrogens (tertiary/aromatic N) is 1. The second-order valence-corrected chi connectivity index (χ2v) is 4.60. The molecule has 3 nitrogen and oxygen atoms in total. The van der Waals surface area contributed by atoms with E-state index in [1.54, 1.807) is 18.2 Å². The molecule has 0 atom stereocenters. The lowest BCUT2D eigenvalue weighted by atomic mass is 10.3. The lowest BCUT2D eigenvalue weighted by molar-refractivity contribution is 0.631. The third-order valence-corrected chi connectivity index (χ3v) is 2.96. The van der Waals surface area contributed by atoms with Crippen LogP contribution in [-0.2, 0) is 0 Å². The Hall–Kier alpha value is -1.33. The first-order valence-corrected chi connectivity index (χ1v) is 5.87. The van der Waals surface area contributed by atoms with Crippen LogP contribution in [0.3, 0.4) is 0 Å². The maximum atomic E-state index is 13.6. The summed E-state index contributed by atoms with van der Waals surface area (Å²) in [5, 5.41) is 3.25. The fraction of sp³-hybridized carbons (Fsp3) is 0. The van der Waals surface area contributed by atoms with Crippen LogP contribution in [0.5, 0.6) is 0 Å². The molecule has 1 aromatic heterocycles. The van der Waals surface area contributed by atoms with Crippen molar-refractivity contribution in [2.45, 2.75) is 0 Å². The number of nitrogen functional groups attached to an aromatic ring is 1. The van der Waals surface area contributed by atoms with E-state index in [0.29, 0.717) is 21.0 Å². The SMILES string of the molecule is Nc1cc(Cl)cnc1Nc1c(F)cccc1Br. The molecule has 0 saturated heterocycles. The number of hydrogen-bond donors (Lipinski definition) is 2. The van der Waals surface area contributed by atoms with Gasteiger partial charge in [0.1, 0.15) is 5.82 Å². The van der Waals surface area contributed by atoms with Crippen molar-refractivity contribution < 1.29 is 4.39 Å². The standard InChI is InChI=1S/C11H8BrClFN3/c12-7-2-1-3-8(14)10(7)17-11-9(15)4-6(13)5-16-11/h1-5H,15H2,(H,16,17). The van der Waals surface area contributed by atoms with Crippen molar-refractivity contribution in [2.24, 2.45) is 0 Å². The summed E-state index contributed by atoms with van der Waals surface area (Å²) >= 11 is 8.98. The highest BCUT2D eigenvalue weighted by atomic mass is 79.9. The van der Waals surface area contributed by atoms with Crippen LogP contribution >= 0.6 is 27.5 Å². The van der Waals surface area contributed by atoms with E-state index < -0.39 is 5.82 Å². The molecule has 2 rings (SSSR count). The Kier molecular flexibility index (Phi) is 3.49. The number of aromatic nitrogens is 1. The van der Waals surface area contributed by atoms with Crippen LogP contribution in [0, 0.1) is 5.82 Å². The number of halogens is 3. The van der Waals surface area contributed by atoms with E-state index in [1.807, 2.05) is 0 Å². The summed E-state index contributed by atoms with van der Waals surface area (Å²) in [6.07, 6.45) is 1.44. The highest BCUT2D eigenvalue weighted by molar-refractivity contribution is 9.10. The average Bonchev–Trinajstić information content (AvgIpc) is 2.26. The van der Waals surface area contributed by atoms with E-state index in [1.165, 1.54) is 12.3 Å². The Bertz CT molecular complexity index is 542. The van der Waals surface area contributed by atoms with Gasteiger partial charge in [-0.15, -0.1) is 0 Å². The van der Waals surface area contributed by atoms with Crippen molar-refractivity contribution in [3.05, 3.63) is 45.8 Å². The molecule has 88 valence electrons. The first-order chi connectivity index (χ1) is 8.08. The number of rotatable bonds is 2. The van der Waals surface area contributed by atoms with Crippen LogP contribution in [0.2, 0.25) is 5.02 Å². The molecular formula is C11H8BrClFN3. The van der Waals surface area contributed by atoms with Crippen molar-refractivity contribution in [3.63, 3.8) is 0 Å². The van der Waals surface area contributed by atoms with E-state index in [0.717, 1.165) is 0 Å². The molecule has 0 aliphatic rings. The number of benzene rings is 1. The summed E-state index contributed by atoms with van der Waals surface area (Å²) in [5.74, 6) is -0.0317. The zero-order chi connectivity index (χ0) is 12.4. The third-order valence-electron chi connectivity index (χ3n) is 2.09. The fourth-order valence-corrected chi connectivity index (χ4v) is 1.90. The highest BCUT2D eigenvalue weighted by Crippen LogP contribution is 2.30. The first kappa shape index (κ1) is 12.1. The summed E-state index contributed by atoms with van der Waals surface area (Å²) in [6, 6.07) is 6.21. The van der Waals surface area contributed by atoms with Gasteiger partial charge in [-0.05, 0) is 34.1 Å². The summed E-state index contributed by atoms with van der Waals surface area (Å²) in [6.45, 7) is 0. The van der Waals surface area contributed by atoms with Crippen LogP contribution in [0.4, 0.5) is 21.6 Å². The summed E-state index contributed by atoms with van der Waals surface area (Å²) < 4.78 is 14.2. The van der Waals surface area contributed by atoms with Gasteiger partial charge in [0.05, 0.1) is 16.4 Å². The van der Waals surface area contributed by atoms with Crippen molar-refractivity contribution in [3.8, 4) is 0 Å². The predicted molar refractivity (Wildman–Crippen MR) is 71.0 cm³/mol.